The Balaban J connectivity index is 1.14. The van der Waals surface area contributed by atoms with Crippen LogP contribution in [0, 0.1) is 13.8 Å². The van der Waals surface area contributed by atoms with Crippen molar-refractivity contribution in [3.63, 3.8) is 0 Å². The van der Waals surface area contributed by atoms with Gasteiger partial charge in [-0.1, -0.05) is 78.3 Å². The highest BCUT2D eigenvalue weighted by Gasteiger charge is 2.25. The van der Waals surface area contributed by atoms with E-state index in [1.54, 1.807) is 0 Å². The minimum absolute atomic E-state index is 0.307. The molecule has 3 atom stereocenters. The minimum atomic E-state index is 0.307. The molecule has 2 aromatic heterocycles. The van der Waals surface area contributed by atoms with Gasteiger partial charge in [0.2, 0.25) is 5.82 Å². The fraction of sp³-hybridized carbons (Fsp3) is 0.323. The molecule has 0 spiro atoms. The Labute approximate surface area is 217 Å². The van der Waals surface area contributed by atoms with E-state index in [-0.39, 0.29) is 0 Å². The second kappa shape index (κ2) is 9.94. The van der Waals surface area contributed by atoms with Crippen molar-refractivity contribution in [2.45, 2.75) is 64.5 Å². The SMILES string of the molecule is Cc1nc(-c2nc(-c3ccc(C4CCCC(NC(C)c5cccc6ccccc56)C4)cc3)no2)c(C)o1. The van der Waals surface area contributed by atoms with Crippen molar-refractivity contribution in [1.82, 2.24) is 20.4 Å². The first-order chi connectivity index (χ1) is 18.0. The van der Waals surface area contributed by atoms with Crippen LogP contribution in [0.3, 0.4) is 0 Å². The van der Waals surface area contributed by atoms with Crippen LogP contribution in [0.4, 0.5) is 0 Å². The molecule has 1 aliphatic carbocycles. The lowest BCUT2D eigenvalue weighted by atomic mass is 9.80. The molecule has 0 bridgehead atoms. The second-order valence-corrected chi connectivity index (χ2v) is 10.2. The third kappa shape index (κ3) is 4.81. The van der Waals surface area contributed by atoms with Crippen LogP contribution in [0.25, 0.3) is 33.7 Å². The Morgan fingerprint density at radius 2 is 1.73 bits per heavy atom. The van der Waals surface area contributed by atoms with Gasteiger partial charge in [0.1, 0.15) is 5.76 Å². The Morgan fingerprint density at radius 1 is 0.919 bits per heavy atom. The smallest absolute Gasteiger partial charge is 0.280 e. The molecule has 1 N–H and O–H groups in total. The van der Waals surface area contributed by atoms with Crippen LogP contribution in [0.5, 0.6) is 0 Å². The fourth-order valence-electron chi connectivity index (χ4n) is 5.78. The number of oxazole rings is 1. The van der Waals surface area contributed by atoms with E-state index >= 15 is 0 Å². The third-order valence-corrected chi connectivity index (χ3v) is 7.62. The first kappa shape index (κ1) is 23.6. The quantitative estimate of drug-likeness (QED) is 0.264. The van der Waals surface area contributed by atoms with E-state index in [1.807, 2.05) is 13.8 Å². The van der Waals surface area contributed by atoms with Crippen LogP contribution in [0.1, 0.15) is 67.3 Å². The molecule has 0 aliphatic heterocycles. The molecule has 2 heterocycles. The highest BCUT2D eigenvalue weighted by Crippen LogP contribution is 2.35. The van der Waals surface area contributed by atoms with Gasteiger partial charge in [0.05, 0.1) is 0 Å². The fourth-order valence-corrected chi connectivity index (χ4v) is 5.78. The average Bonchev–Trinajstić information content (AvgIpc) is 3.54. The molecule has 188 valence electrons. The maximum atomic E-state index is 5.50. The highest BCUT2D eigenvalue weighted by atomic mass is 16.5. The number of fused-ring (bicyclic) bond motifs is 1. The molecule has 6 heteroatoms. The van der Waals surface area contributed by atoms with Crippen molar-refractivity contribution < 1.29 is 8.94 Å². The summed E-state index contributed by atoms with van der Waals surface area (Å²) in [6, 6.07) is 24.7. The average molecular weight is 493 g/mol. The van der Waals surface area contributed by atoms with Crippen LogP contribution in [-0.2, 0) is 0 Å². The van der Waals surface area contributed by atoms with Gasteiger partial charge < -0.3 is 14.3 Å². The van der Waals surface area contributed by atoms with E-state index in [0.29, 0.717) is 47.1 Å². The van der Waals surface area contributed by atoms with Crippen molar-refractivity contribution in [3.8, 4) is 23.0 Å². The summed E-state index contributed by atoms with van der Waals surface area (Å²) >= 11 is 0. The van der Waals surface area contributed by atoms with Crippen molar-refractivity contribution in [1.29, 1.82) is 0 Å². The van der Waals surface area contributed by atoms with Gasteiger partial charge >= 0.3 is 0 Å². The monoisotopic (exact) mass is 492 g/mol. The van der Waals surface area contributed by atoms with E-state index in [1.165, 1.54) is 41.2 Å². The number of hydrogen-bond donors (Lipinski definition) is 1. The number of aromatic nitrogens is 3. The summed E-state index contributed by atoms with van der Waals surface area (Å²) in [6.07, 6.45) is 4.82. The first-order valence-corrected chi connectivity index (χ1v) is 13.2. The molecule has 0 amide bonds. The van der Waals surface area contributed by atoms with Gasteiger partial charge in [-0.3, -0.25) is 0 Å². The zero-order chi connectivity index (χ0) is 25.4. The Bertz CT molecular complexity index is 1510. The van der Waals surface area contributed by atoms with Crippen LogP contribution < -0.4 is 5.32 Å². The standard InChI is InChI=1S/C31H32N4O2/c1-19(27-13-7-9-23-8-4-5-12-28(23)27)32-26-11-6-10-25(18-26)22-14-16-24(17-15-22)30-34-31(37-35-30)29-20(2)36-21(3)33-29/h4-5,7-9,12-17,19,25-26,32H,6,10-11,18H2,1-3H3. The van der Waals surface area contributed by atoms with Gasteiger partial charge in [0.25, 0.3) is 5.89 Å². The Morgan fingerprint density at radius 3 is 2.54 bits per heavy atom. The van der Waals surface area contributed by atoms with Gasteiger partial charge in [-0.2, -0.15) is 4.98 Å². The number of hydrogen-bond acceptors (Lipinski definition) is 6. The number of nitrogens with one attached hydrogen (secondary N) is 1. The van der Waals surface area contributed by atoms with E-state index in [2.05, 4.69) is 94.1 Å². The maximum Gasteiger partial charge on any atom is 0.280 e. The van der Waals surface area contributed by atoms with Gasteiger partial charge in [-0.05, 0) is 60.9 Å². The molecular weight excluding hydrogens is 460 g/mol. The molecule has 5 aromatic rings. The van der Waals surface area contributed by atoms with Crippen molar-refractivity contribution >= 4 is 10.8 Å². The molecule has 1 aliphatic rings. The molecule has 3 aromatic carbocycles. The van der Waals surface area contributed by atoms with Crippen molar-refractivity contribution in [2.24, 2.45) is 0 Å². The summed E-state index contributed by atoms with van der Waals surface area (Å²) in [4.78, 5) is 8.91. The summed E-state index contributed by atoms with van der Waals surface area (Å²) in [5, 5.41) is 10.8. The Kier molecular flexibility index (Phi) is 6.35. The largest absolute Gasteiger partial charge is 0.445 e. The molecule has 1 saturated carbocycles. The van der Waals surface area contributed by atoms with Crippen molar-refractivity contribution in [3.05, 3.63) is 89.5 Å². The topological polar surface area (TPSA) is 77.0 Å². The molecule has 37 heavy (non-hydrogen) atoms. The third-order valence-electron chi connectivity index (χ3n) is 7.62. The molecule has 1 fully saturated rings. The second-order valence-electron chi connectivity index (χ2n) is 10.2. The summed E-state index contributed by atoms with van der Waals surface area (Å²) in [7, 11) is 0. The lowest BCUT2D eigenvalue weighted by molar-refractivity contribution is 0.319. The minimum Gasteiger partial charge on any atom is -0.445 e. The van der Waals surface area contributed by atoms with E-state index in [0.717, 1.165) is 12.0 Å². The maximum absolute atomic E-state index is 5.50. The molecule has 6 nitrogen and oxygen atoms in total. The first-order valence-electron chi connectivity index (χ1n) is 13.2. The molecule has 0 radical (unpaired) electrons. The number of nitrogens with zero attached hydrogens (tertiary/aromatic N) is 3. The summed E-state index contributed by atoms with van der Waals surface area (Å²) < 4.78 is 11.0. The van der Waals surface area contributed by atoms with Crippen LogP contribution in [0.15, 0.2) is 75.7 Å². The summed E-state index contributed by atoms with van der Waals surface area (Å²) in [6.45, 7) is 5.95. The molecule has 0 saturated heterocycles. The van der Waals surface area contributed by atoms with Gasteiger partial charge in [0.15, 0.2) is 11.6 Å². The molecule has 6 rings (SSSR count). The van der Waals surface area contributed by atoms with Crippen LogP contribution in [-0.4, -0.2) is 21.2 Å². The normalized spacial score (nSPS) is 18.8. The summed E-state index contributed by atoms with van der Waals surface area (Å²) in [5.41, 5.74) is 4.29. The number of aryl methyl sites for hydroxylation is 2. The van der Waals surface area contributed by atoms with E-state index < -0.39 is 0 Å². The van der Waals surface area contributed by atoms with E-state index in [9.17, 15) is 0 Å². The predicted molar refractivity (Wildman–Crippen MR) is 145 cm³/mol. The van der Waals surface area contributed by atoms with E-state index in [4.69, 9.17) is 8.94 Å². The predicted octanol–water partition coefficient (Wildman–Crippen LogP) is 7.54. The number of benzene rings is 3. The van der Waals surface area contributed by atoms with Crippen LogP contribution >= 0.6 is 0 Å². The highest BCUT2D eigenvalue weighted by molar-refractivity contribution is 5.86. The van der Waals surface area contributed by atoms with Crippen LogP contribution in [0.2, 0.25) is 0 Å². The van der Waals surface area contributed by atoms with Gasteiger partial charge in [-0.15, -0.1) is 0 Å². The van der Waals surface area contributed by atoms with Crippen molar-refractivity contribution in [2.75, 3.05) is 0 Å². The lowest BCUT2D eigenvalue weighted by Gasteiger charge is -2.32. The lowest BCUT2D eigenvalue weighted by Crippen LogP contribution is -2.35. The zero-order valence-corrected chi connectivity index (χ0v) is 21.6. The zero-order valence-electron chi connectivity index (χ0n) is 21.6. The number of rotatable bonds is 6. The van der Waals surface area contributed by atoms with Gasteiger partial charge in [-0.25, -0.2) is 4.98 Å². The Hall–Kier alpha value is -3.77. The summed E-state index contributed by atoms with van der Waals surface area (Å²) in [5.74, 6) is 2.76. The molecule has 3 unspecified atom stereocenters. The van der Waals surface area contributed by atoms with Gasteiger partial charge in [0, 0.05) is 24.6 Å². The molecular formula is C31H32N4O2.